The molecule has 2 aliphatic rings. The predicted octanol–water partition coefficient (Wildman–Crippen LogP) is 3.52. The van der Waals surface area contributed by atoms with E-state index in [0.29, 0.717) is 30.5 Å². The van der Waals surface area contributed by atoms with Crippen LogP contribution >= 0.6 is 0 Å². The number of pyridine rings is 1. The van der Waals surface area contributed by atoms with Crippen molar-refractivity contribution in [2.75, 3.05) is 32.1 Å². The van der Waals surface area contributed by atoms with Gasteiger partial charge < -0.3 is 19.9 Å². The van der Waals surface area contributed by atoms with Crippen LogP contribution in [0.15, 0.2) is 36.5 Å². The number of aryl methyl sites for hydroxylation is 1. The zero-order valence-electron chi connectivity index (χ0n) is 17.5. The number of anilines is 2. The van der Waals surface area contributed by atoms with Gasteiger partial charge in [-0.05, 0) is 70.5 Å². The Morgan fingerprint density at radius 3 is 2.66 bits per heavy atom. The van der Waals surface area contributed by atoms with Gasteiger partial charge in [0.15, 0.2) is 5.75 Å². The molecule has 6 heteroatoms. The SMILES string of the molecule is Cc1ccc(N2CCOc3c(C(=O)NC4CCC(N(C)C)CC4)cccc32)nc1. The molecule has 1 aliphatic heterocycles. The zero-order valence-corrected chi connectivity index (χ0v) is 17.5. The molecule has 4 rings (SSSR count). The molecule has 1 amide bonds. The molecule has 2 heterocycles. The second kappa shape index (κ2) is 8.41. The number of hydrogen-bond acceptors (Lipinski definition) is 5. The first-order valence-corrected chi connectivity index (χ1v) is 10.5. The highest BCUT2D eigenvalue weighted by molar-refractivity contribution is 5.99. The highest BCUT2D eigenvalue weighted by Crippen LogP contribution is 2.38. The second-order valence-electron chi connectivity index (χ2n) is 8.29. The Balaban J connectivity index is 1.51. The third kappa shape index (κ3) is 4.22. The van der Waals surface area contributed by atoms with Crippen molar-refractivity contribution in [1.29, 1.82) is 0 Å². The molecule has 1 N–H and O–H groups in total. The van der Waals surface area contributed by atoms with Gasteiger partial charge in [0.25, 0.3) is 5.91 Å². The van der Waals surface area contributed by atoms with E-state index in [1.54, 1.807) is 0 Å². The average Bonchev–Trinajstić information content (AvgIpc) is 2.74. The fraction of sp³-hybridized carbons (Fsp3) is 0.478. The van der Waals surface area contributed by atoms with Crippen molar-refractivity contribution >= 4 is 17.4 Å². The van der Waals surface area contributed by atoms with Gasteiger partial charge in [-0.2, -0.15) is 0 Å². The normalized spacial score (nSPS) is 21.4. The Kier molecular flexibility index (Phi) is 5.72. The maximum absolute atomic E-state index is 13.1. The molecule has 0 unspecified atom stereocenters. The Labute approximate surface area is 172 Å². The van der Waals surface area contributed by atoms with Gasteiger partial charge in [-0.1, -0.05) is 12.1 Å². The average molecular weight is 395 g/mol. The first-order chi connectivity index (χ1) is 14.0. The third-order valence-corrected chi connectivity index (χ3v) is 6.03. The summed E-state index contributed by atoms with van der Waals surface area (Å²) in [6.07, 6.45) is 6.14. The minimum absolute atomic E-state index is 0.0473. The number of benzene rings is 1. The summed E-state index contributed by atoms with van der Waals surface area (Å²) in [7, 11) is 4.26. The van der Waals surface area contributed by atoms with Crippen LogP contribution in [-0.4, -0.2) is 55.1 Å². The number of amides is 1. The van der Waals surface area contributed by atoms with Gasteiger partial charge in [-0.25, -0.2) is 4.98 Å². The Morgan fingerprint density at radius 1 is 1.17 bits per heavy atom. The van der Waals surface area contributed by atoms with Crippen molar-refractivity contribution in [2.45, 2.75) is 44.7 Å². The summed E-state index contributed by atoms with van der Waals surface area (Å²) in [6, 6.07) is 10.7. The molecule has 0 saturated heterocycles. The summed E-state index contributed by atoms with van der Waals surface area (Å²) >= 11 is 0. The monoisotopic (exact) mass is 394 g/mol. The third-order valence-electron chi connectivity index (χ3n) is 6.03. The Morgan fingerprint density at radius 2 is 1.97 bits per heavy atom. The smallest absolute Gasteiger partial charge is 0.255 e. The van der Waals surface area contributed by atoms with Gasteiger partial charge in [0, 0.05) is 18.3 Å². The standard InChI is InChI=1S/C23H30N4O2/c1-16-7-12-21(24-15-16)27-13-14-29-22-19(5-4-6-20(22)27)23(28)25-17-8-10-18(11-9-17)26(2)3/h4-7,12,15,17-18H,8-11,13-14H2,1-3H3,(H,25,28). The van der Waals surface area contributed by atoms with Crippen LogP contribution in [-0.2, 0) is 0 Å². The molecule has 0 bridgehead atoms. The van der Waals surface area contributed by atoms with Crippen molar-refractivity contribution in [3.8, 4) is 5.75 Å². The minimum atomic E-state index is -0.0473. The highest BCUT2D eigenvalue weighted by Gasteiger charge is 2.28. The lowest BCUT2D eigenvalue weighted by molar-refractivity contribution is 0.0912. The molecule has 0 atom stereocenters. The Bertz CT molecular complexity index is 858. The van der Waals surface area contributed by atoms with Crippen LogP contribution in [0, 0.1) is 6.92 Å². The minimum Gasteiger partial charge on any atom is -0.489 e. The lowest BCUT2D eigenvalue weighted by Gasteiger charge is -2.34. The van der Waals surface area contributed by atoms with Gasteiger partial charge in [0.1, 0.15) is 12.4 Å². The number of ether oxygens (including phenoxy) is 1. The topological polar surface area (TPSA) is 57.7 Å². The van der Waals surface area contributed by atoms with Crippen molar-refractivity contribution in [3.05, 3.63) is 47.7 Å². The molecule has 0 radical (unpaired) electrons. The van der Waals surface area contributed by atoms with E-state index in [9.17, 15) is 4.79 Å². The molecule has 1 aromatic heterocycles. The van der Waals surface area contributed by atoms with Crippen molar-refractivity contribution < 1.29 is 9.53 Å². The number of carbonyl (C=O) groups is 1. The number of rotatable bonds is 4. The lowest BCUT2D eigenvalue weighted by atomic mass is 9.90. The van der Waals surface area contributed by atoms with Crippen LogP contribution in [0.1, 0.15) is 41.6 Å². The van der Waals surface area contributed by atoms with E-state index in [4.69, 9.17) is 4.74 Å². The van der Waals surface area contributed by atoms with E-state index in [0.717, 1.165) is 42.8 Å². The fourth-order valence-electron chi connectivity index (χ4n) is 4.28. The van der Waals surface area contributed by atoms with Crippen molar-refractivity contribution in [3.63, 3.8) is 0 Å². The highest BCUT2D eigenvalue weighted by atomic mass is 16.5. The van der Waals surface area contributed by atoms with Crippen molar-refractivity contribution in [2.24, 2.45) is 0 Å². The second-order valence-corrected chi connectivity index (χ2v) is 8.29. The van der Waals surface area contributed by atoms with Crippen LogP contribution < -0.4 is 15.0 Å². The van der Waals surface area contributed by atoms with Gasteiger partial charge in [-0.15, -0.1) is 0 Å². The molecule has 1 aliphatic carbocycles. The number of para-hydroxylation sites is 1. The van der Waals surface area contributed by atoms with E-state index in [-0.39, 0.29) is 11.9 Å². The molecule has 154 valence electrons. The molecular formula is C23H30N4O2. The van der Waals surface area contributed by atoms with E-state index in [1.165, 1.54) is 0 Å². The van der Waals surface area contributed by atoms with Gasteiger partial charge >= 0.3 is 0 Å². The summed E-state index contributed by atoms with van der Waals surface area (Å²) in [4.78, 5) is 22.0. The molecule has 1 saturated carbocycles. The molecule has 6 nitrogen and oxygen atoms in total. The number of aromatic nitrogens is 1. The Hall–Kier alpha value is -2.60. The number of hydrogen-bond donors (Lipinski definition) is 1. The van der Waals surface area contributed by atoms with E-state index in [1.807, 2.05) is 37.4 Å². The molecule has 29 heavy (non-hydrogen) atoms. The summed E-state index contributed by atoms with van der Waals surface area (Å²) in [5.41, 5.74) is 2.63. The van der Waals surface area contributed by atoms with Crippen LogP contribution in [0.5, 0.6) is 5.75 Å². The van der Waals surface area contributed by atoms with E-state index in [2.05, 4.69) is 40.3 Å². The quantitative estimate of drug-likeness (QED) is 0.860. The number of carbonyl (C=O) groups excluding carboxylic acids is 1. The molecule has 0 spiro atoms. The molecule has 1 aromatic carbocycles. The molecule has 1 fully saturated rings. The zero-order chi connectivity index (χ0) is 20.4. The number of nitrogens with one attached hydrogen (secondary N) is 1. The summed E-state index contributed by atoms with van der Waals surface area (Å²) < 4.78 is 5.95. The molecule has 2 aromatic rings. The van der Waals surface area contributed by atoms with Crippen LogP contribution in [0.25, 0.3) is 0 Å². The van der Waals surface area contributed by atoms with E-state index >= 15 is 0 Å². The van der Waals surface area contributed by atoms with Crippen LogP contribution in [0.2, 0.25) is 0 Å². The predicted molar refractivity (Wildman–Crippen MR) is 115 cm³/mol. The first kappa shape index (κ1) is 19.7. The maximum atomic E-state index is 13.1. The van der Waals surface area contributed by atoms with Gasteiger partial charge in [0.05, 0.1) is 17.8 Å². The van der Waals surface area contributed by atoms with Gasteiger partial charge in [-0.3, -0.25) is 4.79 Å². The lowest BCUT2D eigenvalue weighted by Crippen LogP contribution is -2.42. The summed E-state index contributed by atoms with van der Waals surface area (Å²) in [6.45, 7) is 3.27. The summed E-state index contributed by atoms with van der Waals surface area (Å²) in [5, 5.41) is 3.24. The first-order valence-electron chi connectivity index (χ1n) is 10.5. The maximum Gasteiger partial charge on any atom is 0.255 e. The number of nitrogens with zero attached hydrogens (tertiary/aromatic N) is 3. The fourth-order valence-corrected chi connectivity index (χ4v) is 4.28. The van der Waals surface area contributed by atoms with Crippen LogP contribution in [0.3, 0.4) is 0 Å². The van der Waals surface area contributed by atoms with Crippen molar-refractivity contribution in [1.82, 2.24) is 15.2 Å². The largest absolute Gasteiger partial charge is 0.489 e. The number of fused-ring (bicyclic) bond motifs is 1. The molecular weight excluding hydrogens is 364 g/mol. The van der Waals surface area contributed by atoms with Crippen LogP contribution in [0.4, 0.5) is 11.5 Å². The summed E-state index contributed by atoms with van der Waals surface area (Å²) in [5.74, 6) is 1.48. The van der Waals surface area contributed by atoms with Gasteiger partial charge in [0.2, 0.25) is 0 Å². The van der Waals surface area contributed by atoms with E-state index < -0.39 is 0 Å².